The average molecular weight is 817 g/mol. The van der Waals surface area contributed by atoms with Crippen LogP contribution in [-0.2, 0) is 0 Å². The molecule has 11 rings (SSSR count). The summed E-state index contributed by atoms with van der Waals surface area (Å²) in [5.74, 6) is 0. The van der Waals surface area contributed by atoms with Crippen molar-refractivity contribution in [3.05, 3.63) is 267 Å². The number of nitrogens with zero attached hydrogens (tertiary/aromatic N) is 2. The van der Waals surface area contributed by atoms with Crippen LogP contribution in [0.1, 0.15) is 0 Å². The Balaban J connectivity index is 0.986. The van der Waals surface area contributed by atoms with Crippen molar-refractivity contribution in [1.29, 1.82) is 0 Å². The molecule has 2 heteroatoms. The highest BCUT2D eigenvalue weighted by Gasteiger charge is 2.19. The van der Waals surface area contributed by atoms with Crippen molar-refractivity contribution in [2.45, 2.75) is 0 Å². The zero-order chi connectivity index (χ0) is 42.7. The third-order valence-corrected chi connectivity index (χ3v) is 12.2. The van der Waals surface area contributed by atoms with E-state index in [1.54, 1.807) is 0 Å². The average Bonchev–Trinajstić information content (AvgIpc) is 3.38. The molecule has 0 radical (unpaired) electrons. The van der Waals surface area contributed by atoms with Crippen LogP contribution in [-0.4, -0.2) is 0 Å². The van der Waals surface area contributed by atoms with Crippen LogP contribution in [0.5, 0.6) is 0 Å². The lowest BCUT2D eigenvalue weighted by molar-refractivity contribution is 1.26. The third kappa shape index (κ3) is 7.38. The van der Waals surface area contributed by atoms with Gasteiger partial charge in [-0.3, -0.25) is 0 Å². The summed E-state index contributed by atoms with van der Waals surface area (Å²) in [6, 6.07) is 96.1. The van der Waals surface area contributed by atoms with Crippen LogP contribution in [0.15, 0.2) is 267 Å². The monoisotopic (exact) mass is 816 g/mol. The molecule has 0 N–H and O–H groups in total. The van der Waals surface area contributed by atoms with Gasteiger partial charge in [0.1, 0.15) is 0 Å². The molecule has 0 unspecified atom stereocenters. The highest BCUT2D eigenvalue weighted by molar-refractivity contribution is 6.22. The molecule has 0 aromatic heterocycles. The number of hydrogen-bond donors (Lipinski definition) is 0. The van der Waals surface area contributed by atoms with Crippen molar-refractivity contribution in [2.75, 3.05) is 9.80 Å². The Morgan fingerprint density at radius 2 is 0.484 bits per heavy atom. The summed E-state index contributed by atoms with van der Waals surface area (Å²) < 4.78 is 0. The molecule has 0 saturated carbocycles. The Kier molecular flexibility index (Phi) is 10.3. The number of anilines is 6. The van der Waals surface area contributed by atoms with Gasteiger partial charge in [-0.1, -0.05) is 188 Å². The Morgan fingerprint density at radius 3 is 1.00 bits per heavy atom. The molecule has 0 heterocycles. The predicted octanol–water partition coefficient (Wildman–Crippen LogP) is 17.6. The highest BCUT2D eigenvalue weighted by Crippen LogP contribution is 2.46. The minimum atomic E-state index is 1.08. The number of rotatable bonds is 10. The fourth-order valence-corrected chi connectivity index (χ4v) is 9.25. The third-order valence-electron chi connectivity index (χ3n) is 12.2. The van der Waals surface area contributed by atoms with E-state index in [4.69, 9.17) is 0 Å². The van der Waals surface area contributed by atoms with Gasteiger partial charge < -0.3 is 9.80 Å². The Hall–Kier alpha value is -8.46. The van der Waals surface area contributed by atoms with E-state index in [1.807, 2.05) is 0 Å². The largest absolute Gasteiger partial charge is 0.311 e. The maximum Gasteiger partial charge on any atom is 0.0467 e. The standard InChI is InChI=1S/C62H44N2/c1-6-19-45(20-7-1)49-25-18-30-56(43-49)64(52-28-14-5-15-29-52)55-40-38-54(39-41-55)63(51-26-12-4-13-27-51)53-36-33-46(34-37-53)50-35-42-59-60(44-50)62(48-23-10-3-11-24-48)58-32-17-16-31-57(58)61(59)47-21-8-2-9-22-47/h1-44H. The van der Waals surface area contributed by atoms with Crippen molar-refractivity contribution in [2.24, 2.45) is 0 Å². The molecule has 0 aliphatic rings. The number of hydrogen-bond acceptors (Lipinski definition) is 2. The van der Waals surface area contributed by atoms with Crippen LogP contribution in [0.3, 0.4) is 0 Å². The lowest BCUT2D eigenvalue weighted by Gasteiger charge is -2.28. The van der Waals surface area contributed by atoms with Crippen LogP contribution in [0.25, 0.3) is 66.1 Å². The molecule has 0 atom stereocenters. The van der Waals surface area contributed by atoms with E-state index in [2.05, 4.69) is 277 Å². The van der Waals surface area contributed by atoms with Gasteiger partial charge in [-0.15, -0.1) is 0 Å². The molecule has 0 spiro atoms. The van der Waals surface area contributed by atoms with E-state index in [0.29, 0.717) is 0 Å². The molecular weight excluding hydrogens is 773 g/mol. The first-order valence-corrected chi connectivity index (χ1v) is 21.9. The van der Waals surface area contributed by atoms with Crippen LogP contribution in [0.2, 0.25) is 0 Å². The van der Waals surface area contributed by atoms with Crippen molar-refractivity contribution < 1.29 is 0 Å². The van der Waals surface area contributed by atoms with E-state index in [0.717, 1.165) is 34.1 Å². The van der Waals surface area contributed by atoms with Crippen molar-refractivity contribution >= 4 is 55.7 Å². The van der Waals surface area contributed by atoms with Crippen molar-refractivity contribution in [3.8, 4) is 44.5 Å². The number of benzene rings is 11. The Morgan fingerprint density at radius 1 is 0.172 bits per heavy atom. The van der Waals surface area contributed by atoms with E-state index in [9.17, 15) is 0 Å². The van der Waals surface area contributed by atoms with Crippen LogP contribution in [0.4, 0.5) is 34.1 Å². The predicted molar refractivity (Wildman–Crippen MR) is 273 cm³/mol. The van der Waals surface area contributed by atoms with Crippen molar-refractivity contribution in [1.82, 2.24) is 0 Å². The molecule has 11 aromatic carbocycles. The number of para-hydroxylation sites is 2. The Labute approximate surface area is 375 Å². The second kappa shape index (κ2) is 17.1. The molecule has 0 bridgehead atoms. The summed E-state index contributed by atoms with van der Waals surface area (Å²) in [5, 5.41) is 5.01. The first-order valence-electron chi connectivity index (χ1n) is 21.9. The van der Waals surface area contributed by atoms with Gasteiger partial charge in [0, 0.05) is 34.1 Å². The lowest BCUT2D eigenvalue weighted by atomic mass is 9.85. The molecule has 0 aliphatic carbocycles. The molecule has 11 aromatic rings. The summed E-state index contributed by atoms with van der Waals surface area (Å²) in [6.07, 6.45) is 0. The second-order valence-corrected chi connectivity index (χ2v) is 16.1. The molecule has 64 heavy (non-hydrogen) atoms. The van der Waals surface area contributed by atoms with E-state index in [-0.39, 0.29) is 0 Å². The summed E-state index contributed by atoms with van der Waals surface area (Å²) in [7, 11) is 0. The van der Waals surface area contributed by atoms with Gasteiger partial charge >= 0.3 is 0 Å². The van der Waals surface area contributed by atoms with Gasteiger partial charge in [0.25, 0.3) is 0 Å². The fourth-order valence-electron chi connectivity index (χ4n) is 9.25. The van der Waals surface area contributed by atoms with Gasteiger partial charge in [0.15, 0.2) is 0 Å². The fraction of sp³-hybridized carbons (Fsp3) is 0. The minimum absolute atomic E-state index is 1.08. The summed E-state index contributed by atoms with van der Waals surface area (Å²) in [4.78, 5) is 4.67. The number of fused-ring (bicyclic) bond motifs is 2. The minimum Gasteiger partial charge on any atom is -0.311 e. The molecule has 302 valence electrons. The normalized spacial score (nSPS) is 11.1. The molecular formula is C62H44N2. The van der Waals surface area contributed by atoms with E-state index in [1.165, 1.54) is 66.1 Å². The highest BCUT2D eigenvalue weighted by atomic mass is 15.2. The SMILES string of the molecule is c1ccc(-c2cccc(N(c3ccccc3)c3ccc(N(c4ccccc4)c4ccc(-c5ccc6c(-c7ccccc7)c7ccccc7c(-c7ccccc7)c6c5)cc4)cc3)c2)cc1. The maximum atomic E-state index is 2.40. The van der Waals surface area contributed by atoms with Gasteiger partial charge in [-0.25, -0.2) is 0 Å². The van der Waals surface area contributed by atoms with Crippen LogP contribution >= 0.6 is 0 Å². The first kappa shape index (κ1) is 38.5. The molecule has 0 amide bonds. The first-order chi connectivity index (χ1) is 31.8. The van der Waals surface area contributed by atoms with E-state index < -0.39 is 0 Å². The van der Waals surface area contributed by atoms with E-state index >= 15 is 0 Å². The van der Waals surface area contributed by atoms with Gasteiger partial charge in [0.05, 0.1) is 0 Å². The molecule has 0 aliphatic heterocycles. The smallest absolute Gasteiger partial charge is 0.0467 e. The topological polar surface area (TPSA) is 6.48 Å². The molecule has 2 nitrogen and oxygen atoms in total. The second-order valence-electron chi connectivity index (χ2n) is 16.1. The van der Waals surface area contributed by atoms with Gasteiger partial charge in [-0.05, 0) is 145 Å². The quantitative estimate of drug-likeness (QED) is 0.127. The van der Waals surface area contributed by atoms with Crippen molar-refractivity contribution in [3.63, 3.8) is 0 Å². The summed E-state index contributed by atoms with van der Waals surface area (Å²) in [6.45, 7) is 0. The van der Waals surface area contributed by atoms with Crippen LogP contribution < -0.4 is 9.80 Å². The summed E-state index contributed by atoms with van der Waals surface area (Å²) >= 11 is 0. The van der Waals surface area contributed by atoms with Crippen LogP contribution in [0, 0.1) is 0 Å². The lowest BCUT2D eigenvalue weighted by Crippen LogP contribution is -2.12. The summed E-state index contributed by atoms with van der Waals surface area (Å²) in [5.41, 5.74) is 16.2. The molecule has 0 saturated heterocycles. The molecule has 0 fully saturated rings. The maximum absolute atomic E-state index is 2.40. The van der Waals surface area contributed by atoms with Gasteiger partial charge in [0.2, 0.25) is 0 Å². The van der Waals surface area contributed by atoms with Gasteiger partial charge in [-0.2, -0.15) is 0 Å². The zero-order valence-corrected chi connectivity index (χ0v) is 35.3. The Bertz CT molecular complexity index is 3330. The zero-order valence-electron chi connectivity index (χ0n) is 35.3.